The number of nitrogens with zero attached hydrogens (tertiary/aromatic N) is 2. The van der Waals surface area contributed by atoms with Crippen molar-refractivity contribution >= 4 is 0 Å². The van der Waals surface area contributed by atoms with Gasteiger partial charge in [0.2, 0.25) is 0 Å². The van der Waals surface area contributed by atoms with Crippen molar-refractivity contribution in [2.75, 3.05) is 0 Å². The van der Waals surface area contributed by atoms with Crippen LogP contribution in [0.5, 0.6) is 0 Å². The Balaban J connectivity index is 3.16. The molecule has 0 aliphatic carbocycles. The maximum atomic E-state index is 12.2. The lowest BCUT2D eigenvalue weighted by atomic mass is 10.2. The molecule has 1 aromatic heterocycles. The van der Waals surface area contributed by atoms with Crippen LogP contribution in [0.15, 0.2) is 6.20 Å². The molecule has 1 heterocycles. The van der Waals surface area contributed by atoms with E-state index in [4.69, 9.17) is 5.11 Å². The smallest absolute Gasteiger partial charge is 0.390 e. The van der Waals surface area contributed by atoms with Gasteiger partial charge in [-0.25, -0.2) is 0 Å². The largest absolute Gasteiger partial charge is 0.419 e. The van der Waals surface area contributed by atoms with Gasteiger partial charge in [-0.15, -0.1) is 0 Å². The molecule has 1 aromatic rings. The van der Waals surface area contributed by atoms with Gasteiger partial charge in [-0.05, 0) is 6.92 Å². The highest BCUT2D eigenvalue weighted by Crippen LogP contribution is 2.31. The van der Waals surface area contributed by atoms with Crippen LogP contribution in [0.25, 0.3) is 0 Å². The van der Waals surface area contributed by atoms with Gasteiger partial charge in [-0.2, -0.15) is 18.3 Å². The summed E-state index contributed by atoms with van der Waals surface area (Å²) >= 11 is 0. The number of aliphatic hydroxyl groups excluding tert-OH is 1. The standard InChI is InChI=1S/C7H9F3N2O/c1-2-12-6(4-13)5(3-11-12)7(8,9)10/h3,13H,2,4H2,1H3. The molecule has 74 valence electrons. The average Bonchev–Trinajstić information content (AvgIpc) is 2.45. The minimum Gasteiger partial charge on any atom is -0.390 e. The second-order valence-corrected chi connectivity index (χ2v) is 2.48. The summed E-state index contributed by atoms with van der Waals surface area (Å²) in [6, 6.07) is 0. The van der Waals surface area contributed by atoms with E-state index in [1.165, 1.54) is 0 Å². The highest BCUT2D eigenvalue weighted by atomic mass is 19.4. The van der Waals surface area contributed by atoms with Crippen LogP contribution in [0.1, 0.15) is 18.2 Å². The van der Waals surface area contributed by atoms with Gasteiger partial charge in [0.05, 0.1) is 24.1 Å². The highest BCUT2D eigenvalue weighted by Gasteiger charge is 2.35. The third-order valence-electron chi connectivity index (χ3n) is 1.70. The molecule has 0 spiro atoms. The first-order valence-corrected chi connectivity index (χ1v) is 3.73. The van der Waals surface area contributed by atoms with Crippen molar-refractivity contribution in [2.24, 2.45) is 0 Å². The number of halogens is 3. The fraction of sp³-hybridized carbons (Fsp3) is 0.571. The van der Waals surface area contributed by atoms with Crippen LogP contribution in [0, 0.1) is 0 Å². The van der Waals surface area contributed by atoms with Crippen molar-refractivity contribution in [2.45, 2.75) is 26.3 Å². The Morgan fingerprint density at radius 1 is 1.54 bits per heavy atom. The second-order valence-electron chi connectivity index (χ2n) is 2.48. The highest BCUT2D eigenvalue weighted by molar-refractivity contribution is 5.20. The molecule has 0 atom stereocenters. The molecular formula is C7H9F3N2O. The SMILES string of the molecule is CCn1ncc(C(F)(F)F)c1CO. The molecule has 0 saturated heterocycles. The minimum absolute atomic E-state index is 0.185. The molecule has 0 fully saturated rings. The van der Waals surface area contributed by atoms with E-state index in [1.54, 1.807) is 6.92 Å². The summed E-state index contributed by atoms with van der Waals surface area (Å²) < 4.78 is 37.8. The van der Waals surface area contributed by atoms with E-state index >= 15 is 0 Å². The van der Waals surface area contributed by atoms with Crippen molar-refractivity contribution in [1.29, 1.82) is 0 Å². The molecule has 0 saturated carbocycles. The zero-order valence-corrected chi connectivity index (χ0v) is 6.97. The molecule has 1 N–H and O–H groups in total. The van der Waals surface area contributed by atoms with Gasteiger partial charge in [0.1, 0.15) is 0 Å². The fourth-order valence-electron chi connectivity index (χ4n) is 1.09. The van der Waals surface area contributed by atoms with Gasteiger partial charge >= 0.3 is 6.18 Å². The number of hydrogen-bond donors (Lipinski definition) is 1. The monoisotopic (exact) mass is 194 g/mol. The number of alkyl halides is 3. The topological polar surface area (TPSA) is 38.0 Å². The van der Waals surface area contributed by atoms with Gasteiger partial charge in [0, 0.05) is 6.54 Å². The molecule has 0 aromatic carbocycles. The van der Waals surface area contributed by atoms with E-state index in [1.807, 2.05) is 0 Å². The van der Waals surface area contributed by atoms with E-state index in [2.05, 4.69) is 5.10 Å². The lowest BCUT2D eigenvalue weighted by Gasteiger charge is -2.07. The number of aryl methyl sites for hydroxylation is 1. The van der Waals surface area contributed by atoms with Crippen LogP contribution in [0.3, 0.4) is 0 Å². The lowest BCUT2D eigenvalue weighted by Crippen LogP contribution is -2.10. The molecule has 6 heteroatoms. The molecule has 0 bridgehead atoms. The number of aliphatic hydroxyl groups is 1. The van der Waals surface area contributed by atoms with Crippen molar-refractivity contribution in [3.05, 3.63) is 17.5 Å². The number of rotatable bonds is 2. The molecule has 3 nitrogen and oxygen atoms in total. The molecular weight excluding hydrogens is 185 g/mol. The summed E-state index contributed by atoms with van der Waals surface area (Å²) in [5.41, 5.74) is -1.05. The Bertz CT molecular complexity index is 292. The van der Waals surface area contributed by atoms with Gasteiger partial charge in [0.15, 0.2) is 0 Å². The van der Waals surface area contributed by atoms with E-state index in [9.17, 15) is 13.2 Å². The van der Waals surface area contributed by atoms with E-state index < -0.39 is 18.3 Å². The Morgan fingerprint density at radius 2 is 2.15 bits per heavy atom. The predicted octanol–water partition coefficient (Wildman–Crippen LogP) is 1.41. The molecule has 0 aliphatic rings. The van der Waals surface area contributed by atoms with Crippen molar-refractivity contribution < 1.29 is 18.3 Å². The van der Waals surface area contributed by atoms with Crippen LogP contribution in [0.2, 0.25) is 0 Å². The molecule has 1 rings (SSSR count). The van der Waals surface area contributed by atoms with Gasteiger partial charge < -0.3 is 5.11 Å². The molecule has 0 aliphatic heterocycles. The van der Waals surface area contributed by atoms with Crippen LogP contribution in [0.4, 0.5) is 13.2 Å². The maximum Gasteiger partial charge on any atom is 0.419 e. The van der Waals surface area contributed by atoms with Crippen LogP contribution >= 0.6 is 0 Å². The van der Waals surface area contributed by atoms with Gasteiger partial charge in [-0.3, -0.25) is 4.68 Å². The van der Waals surface area contributed by atoms with Gasteiger partial charge in [0.25, 0.3) is 0 Å². The van der Waals surface area contributed by atoms with Crippen molar-refractivity contribution in [3.63, 3.8) is 0 Å². The number of hydrogen-bond acceptors (Lipinski definition) is 2. The Morgan fingerprint density at radius 3 is 2.54 bits per heavy atom. The normalized spacial score (nSPS) is 12.1. The Kier molecular flexibility index (Phi) is 2.60. The van der Waals surface area contributed by atoms with E-state index in [0.717, 1.165) is 10.9 Å². The molecule has 0 radical (unpaired) electrons. The van der Waals surface area contributed by atoms with Crippen LogP contribution in [-0.4, -0.2) is 14.9 Å². The molecule has 0 unspecified atom stereocenters. The van der Waals surface area contributed by atoms with Crippen molar-refractivity contribution in [1.82, 2.24) is 9.78 Å². The predicted molar refractivity (Wildman–Crippen MR) is 38.8 cm³/mol. The quantitative estimate of drug-likeness (QED) is 0.773. The van der Waals surface area contributed by atoms with Gasteiger partial charge in [-0.1, -0.05) is 0 Å². The summed E-state index contributed by atoms with van der Waals surface area (Å²) in [5.74, 6) is 0. The first-order valence-electron chi connectivity index (χ1n) is 3.73. The molecule has 13 heavy (non-hydrogen) atoms. The zero-order chi connectivity index (χ0) is 10.1. The first kappa shape index (κ1) is 10.0. The molecule has 0 amide bonds. The summed E-state index contributed by atoms with van der Waals surface area (Å²) in [5, 5.41) is 12.2. The van der Waals surface area contributed by atoms with Crippen LogP contribution < -0.4 is 0 Å². The maximum absolute atomic E-state index is 12.2. The van der Waals surface area contributed by atoms with E-state index in [-0.39, 0.29) is 5.69 Å². The van der Waals surface area contributed by atoms with Crippen LogP contribution in [-0.2, 0) is 19.3 Å². The van der Waals surface area contributed by atoms with E-state index in [0.29, 0.717) is 6.54 Å². The lowest BCUT2D eigenvalue weighted by molar-refractivity contribution is -0.138. The third kappa shape index (κ3) is 1.82. The second kappa shape index (κ2) is 3.37. The zero-order valence-electron chi connectivity index (χ0n) is 6.97. The number of aromatic nitrogens is 2. The Hall–Kier alpha value is -1.04. The minimum atomic E-state index is -4.44. The summed E-state index contributed by atoms with van der Waals surface area (Å²) in [6.45, 7) is 1.32. The van der Waals surface area contributed by atoms with Crippen molar-refractivity contribution in [3.8, 4) is 0 Å². The summed E-state index contributed by atoms with van der Waals surface area (Å²) in [4.78, 5) is 0. The Labute approximate surface area is 72.8 Å². The fourth-order valence-corrected chi connectivity index (χ4v) is 1.09. The third-order valence-corrected chi connectivity index (χ3v) is 1.70. The average molecular weight is 194 g/mol. The first-order chi connectivity index (χ1) is 6.00. The summed E-state index contributed by atoms with van der Waals surface area (Å²) in [7, 11) is 0. The summed E-state index contributed by atoms with van der Waals surface area (Å²) in [6.07, 6.45) is -3.71.